The third kappa shape index (κ3) is 3.58. The van der Waals surface area contributed by atoms with Crippen LogP contribution in [0.4, 0.5) is 0 Å². The van der Waals surface area contributed by atoms with Crippen LogP contribution in [0, 0.1) is 5.92 Å². The van der Waals surface area contributed by atoms with Gasteiger partial charge >= 0.3 is 0 Å². The Morgan fingerprint density at radius 3 is 2.68 bits per heavy atom. The monoisotopic (exact) mass is 260 g/mol. The Hall–Kier alpha value is -1.32. The number of hydrogen-bond donors (Lipinski definition) is 2. The topological polar surface area (TPSA) is 37.2 Å². The van der Waals surface area contributed by atoms with Gasteiger partial charge in [0.1, 0.15) is 0 Å². The van der Waals surface area contributed by atoms with Crippen LogP contribution < -0.4 is 5.32 Å². The highest BCUT2D eigenvalue weighted by Gasteiger charge is 2.07. The molecule has 104 valence electrons. The highest BCUT2D eigenvalue weighted by atomic mass is 16.3. The van der Waals surface area contributed by atoms with Crippen LogP contribution in [-0.4, -0.2) is 22.3 Å². The van der Waals surface area contributed by atoms with Gasteiger partial charge in [-0.05, 0) is 37.1 Å². The Bertz CT molecular complexity index is 529. The van der Waals surface area contributed by atoms with Crippen molar-refractivity contribution in [1.29, 1.82) is 0 Å². The molecule has 3 heteroatoms. The molecule has 2 N–H and O–H groups in total. The molecular formula is C16H24N2O. The lowest BCUT2D eigenvalue weighted by molar-refractivity contribution is 0.175. The molecule has 2 rings (SSSR count). The van der Waals surface area contributed by atoms with E-state index in [1.807, 2.05) is 6.92 Å². The van der Waals surface area contributed by atoms with Gasteiger partial charge in [-0.15, -0.1) is 0 Å². The molecule has 0 aliphatic carbocycles. The molecule has 0 bridgehead atoms. The largest absolute Gasteiger partial charge is 0.392 e. The normalized spacial score (nSPS) is 13.3. The summed E-state index contributed by atoms with van der Waals surface area (Å²) in [7, 11) is 0. The second-order valence-corrected chi connectivity index (χ2v) is 5.69. The quantitative estimate of drug-likeness (QED) is 0.838. The smallest absolute Gasteiger partial charge is 0.0691 e. The summed E-state index contributed by atoms with van der Waals surface area (Å²) in [5.41, 5.74) is 2.52. The molecule has 0 fully saturated rings. The number of aromatic nitrogens is 1. The zero-order valence-electron chi connectivity index (χ0n) is 12.1. The van der Waals surface area contributed by atoms with Crippen molar-refractivity contribution in [2.45, 2.75) is 40.0 Å². The average Bonchev–Trinajstić information content (AvgIpc) is 2.72. The van der Waals surface area contributed by atoms with E-state index in [0.717, 1.165) is 13.1 Å². The Morgan fingerprint density at radius 2 is 2.00 bits per heavy atom. The maximum absolute atomic E-state index is 9.52. The molecule has 1 aromatic carbocycles. The Labute approximate surface area is 115 Å². The van der Waals surface area contributed by atoms with Crippen LogP contribution in [0.25, 0.3) is 10.9 Å². The fourth-order valence-corrected chi connectivity index (χ4v) is 2.38. The lowest BCUT2D eigenvalue weighted by Gasteiger charge is -2.10. The molecule has 3 nitrogen and oxygen atoms in total. The Balaban J connectivity index is 2.19. The fraction of sp³-hybridized carbons (Fsp3) is 0.500. The molecule has 0 spiro atoms. The average molecular weight is 260 g/mol. The minimum absolute atomic E-state index is 0.321. The third-order valence-corrected chi connectivity index (χ3v) is 3.23. The summed E-state index contributed by atoms with van der Waals surface area (Å²) in [4.78, 5) is 0. The van der Waals surface area contributed by atoms with E-state index in [0.29, 0.717) is 12.5 Å². The first-order valence-electron chi connectivity index (χ1n) is 7.03. The first-order valence-corrected chi connectivity index (χ1v) is 7.03. The highest BCUT2D eigenvalue weighted by molar-refractivity contribution is 5.83. The summed E-state index contributed by atoms with van der Waals surface area (Å²) in [6.45, 7) is 8.82. The van der Waals surface area contributed by atoms with Crippen LogP contribution in [0.3, 0.4) is 0 Å². The number of nitrogens with zero attached hydrogens (tertiary/aromatic N) is 1. The molecule has 19 heavy (non-hydrogen) atoms. The summed E-state index contributed by atoms with van der Waals surface area (Å²) in [5, 5.41) is 14.3. The van der Waals surface area contributed by atoms with Crippen molar-refractivity contribution in [3.8, 4) is 0 Å². The maximum atomic E-state index is 9.52. The first kappa shape index (κ1) is 14.1. The summed E-state index contributed by atoms with van der Waals surface area (Å²) in [6, 6.07) is 8.52. The standard InChI is InChI=1S/C16H24N2O/c1-12(2)9-17-10-14-5-4-6-16-15(14)7-8-18(16)11-13(3)19/h4-8,12-13,17,19H,9-11H2,1-3H3. The number of nitrogens with one attached hydrogen (secondary N) is 1. The summed E-state index contributed by atoms with van der Waals surface area (Å²) < 4.78 is 2.12. The van der Waals surface area contributed by atoms with Crippen LogP contribution in [0.5, 0.6) is 0 Å². The zero-order valence-corrected chi connectivity index (χ0v) is 12.1. The van der Waals surface area contributed by atoms with Crippen molar-refractivity contribution in [2.75, 3.05) is 6.54 Å². The second kappa shape index (κ2) is 6.22. The SMILES string of the molecule is CC(C)CNCc1cccc2c1ccn2CC(C)O. The summed E-state index contributed by atoms with van der Waals surface area (Å²) in [6.07, 6.45) is 1.74. The molecule has 0 amide bonds. The zero-order chi connectivity index (χ0) is 13.8. The van der Waals surface area contributed by atoms with Gasteiger partial charge in [0, 0.05) is 30.2 Å². The molecule has 0 radical (unpaired) electrons. The minimum Gasteiger partial charge on any atom is -0.392 e. The molecule has 0 saturated carbocycles. The minimum atomic E-state index is -0.321. The first-order chi connectivity index (χ1) is 9.08. The van der Waals surface area contributed by atoms with Crippen molar-refractivity contribution < 1.29 is 5.11 Å². The van der Waals surface area contributed by atoms with E-state index in [9.17, 15) is 5.11 Å². The predicted molar refractivity (Wildman–Crippen MR) is 80.2 cm³/mol. The molecule has 1 atom stereocenters. The van der Waals surface area contributed by atoms with Crippen LogP contribution in [-0.2, 0) is 13.1 Å². The third-order valence-electron chi connectivity index (χ3n) is 3.23. The molecule has 2 aromatic rings. The van der Waals surface area contributed by atoms with E-state index in [1.54, 1.807) is 0 Å². The Kier molecular flexibility index (Phi) is 4.61. The lowest BCUT2D eigenvalue weighted by atomic mass is 10.1. The Morgan fingerprint density at radius 1 is 1.21 bits per heavy atom. The van der Waals surface area contributed by atoms with E-state index in [2.05, 4.69) is 54.2 Å². The predicted octanol–water partition coefficient (Wildman–Crippen LogP) is 2.77. The van der Waals surface area contributed by atoms with Gasteiger partial charge in [-0.3, -0.25) is 0 Å². The molecule has 0 aliphatic rings. The van der Waals surface area contributed by atoms with E-state index in [-0.39, 0.29) is 6.10 Å². The van der Waals surface area contributed by atoms with Gasteiger partial charge in [0.25, 0.3) is 0 Å². The molecular weight excluding hydrogens is 236 g/mol. The lowest BCUT2D eigenvalue weighted by Crippen LogP contribution is -2.19. The molecule has 0 aliphatic heterocycles. The summed E-state index contributed by atoms with van der Waals surface area (Å²) in [5.74, 6) is 0.666. The number of fused-ring (bicyclic) bond motifs is 1. The van der Waals surface area contributed by atoms with Gasteiger partial charge in [0.05, 0.1) is 6.10 Å². The van der Waals surface area contributed by atoms with E-state index in [4.69, 9.17) is 0 Å². The highest BCUT2D eigenvalue weighted by Crippen LogP contribution is 2.20. The van der Waals surface area contributed by atoms with Gasteiger partial charge < -0.3 is 15.0 Å². The summed E-state index contributed by atoms with van der Waals surface area (Å²) >= 11 is 0. The number of rotatable bonds is 6. The van der Waals surface area contributed by atoms with Crippen molar-refractivity contribution in [1.82, 2.24) is 9.88 Å². The molecule has 1 heterocycles. The van der Waals surface area contributed by atoms with Crippen LogP contribution >= 0.6 is 0 Å². The molecule has 1 unspecified atom stereocenters. The van der Waals surface area contributed by atoms with Crippen LogP contribution in [0.1, 0.15) is 26.3 Å². The van der Waals surface area contributed by atoms with Crippen molar-refractivity contribution in [2.24, 2.45) is 5.92 Å². The van der Waals surface area contributed by atoms with Crippen molar-refractivity contribution in [3.63, 3.8) is 0 Å². The van der Waals surface area contributed by atoms with E-state index >= 15 is 0 Å². The van der Waals surface area contributed by atoms with E-state index in [1.165, 1.54) is 16.5 Å². The van der Waals surface area contributed by atoms with Crippen LogP contribution in [0.2, 0.25) is 0 Å². The van der Waals surface area contributed by atoms with Gasteiger partial charge in [-0.25, -0.2) is 0 Å². The fourth-order valence-electron chi connectivity index (χ4n) is 2.38. The van der Waals surface area contributed by atoms with Crippen LogP contribution in [0.15, 0.2) is 30.5 Å². The van der Waals surface area contributed by atoms with Gasteiger partial charge in [-0.1, -0.05) is 26.0 Å². The number of aliphatic hydroxyl groups is 1. The second-order valence-electron chi connectivity index (χ2n) is 5.69. The maximum Gasteiger partial charge on any atom is 0.0691 e. The number of aliphatic hydroxyl groups excluding tert-OH is 1. The van der Waals surface area contributed by atoms with E-state index < -0.39 is 0 Å². The number of benzene rings is 1. The van der Waals surface area contributed by atoms with Gasteiger partial charge in [-0.2, -0.15) is 0 Å². The van der Waals surface area contributed by atoms with Crippen molar-refractivity contribution in [3.05, 3.63) is 36.0 Å². The molecule has 1 aromatic heterocycles. The van der Waals surface area contributed by atoms with Gasteiger partial charge in [0.2, 0.25) is 0 Å². The van der Waals surface area contributed by atoms with Gasteiger partial charge in [0.15, 0.2) is 0 Å². The molecule has 0 saturated heterocycles. The number of hydrogen-bond acceptors (Lipinski definition) is 2. The van der Waals surface area contributed by atoms with Crippen molar-refractivity contribution >= 4 is 10.9 Å².